The van der Waals surface area contributed by atoms with Crippen molar-refractivity contribution >= 4 is 23.7 Å². The first-order valence-electron chi connectivity index (χ1n) is 9.39. The summed E-state index contributed by atoms with van der Waals surface area (Å²) >= 11 is 1.28. The molecule has 1 aliphatic rings. The van der Waals surface area contributed by atoms with Crippen LogP contribution < -0.4 is 10.6 Å². The van der Waals surface area contributed by atoms with Crippen LogP contribution in [0.4, 0.5) is 4.79 Å². The second-order valence-electron chi connectivity index (χ2n) is 6.79. The van der Waals surface area contributed by atoms with Gasteiger partial charge in [0, 0.05) is 5.92 Å². The number of urea groups is 1. The van der Waals surface area contributed by atoms with E-state index in [-0.39, 0.29) is 12.3 Å². The zero-order valence-electron chi connectivity index (χ0n) is 15.7. The van der Waals surface area contributed by atoms with Crippen molar-refractivity contribution in [3.05, 3.63) is 65.9 Å². The van der Waals surface area contributed by atoms with Gasteiger partial charge >= 0.3 is 6.03 Å². The minimum absolute atomic E-state index is 0.0752. The van der Waals surface area contributed by atoms with Gasteiger partial charge in [0.15, 0.2) is 5.16 Å². The molecule has 3 aromatic rings. The number of benzene rings is 1. The van der Waals surface area contributed by atoms with Crippen LogP contribution in [0.1, 0.15) is 35.9 Å². The maximum Gasteiger partial charge on any atom is 0.321 e. The molecule has 2 heterocycles. The Morgan fingerprint density at radius 3 is 2.69 bits per heavy atom. The van der Waals surface area contributed by atoms with Crippen molar-refractivity contribution in [3.8, 4) is 0 Å². The summed E-state index contributed by atoms with van der Waals surface area (Å²) in [5, 5.41) is 14.2. The SMILES string of the molecule is O=C(CSc1nnc(C2CC2)n1Cc1ccccc1)NC(=O)NCc1ccco1. The van der Waals surface area contributed by atoms with E-state index in [9.17, 15) is 9.59 Å². The van der Waals surface area contributed by atoms with Crippen LogP contribution in [0.5, 0.6) is 0 Å². The van der Waals surface area contributed by atoms with Crippen molar-refractivity contribution in [1.82, 2.24) is 25.4 Å². The molecule has 0 atom stereocenters. The third kappa shape index (κ3) is 5.26. The fourth-order valence-electron chi connectivity index (χ4n) is 2.88. The van der Waals surface area contributed by atoms with Gasteiger partial charge in [-0.05, 0) is 30.5 Å². The van der Waals surface area contributed by atoms with E-state index in [1.54, 1.807) is 12.1 Å². The van der Waals surface area contributed by atoms with E-state index in [4.69, 9.17) is 4.42 Å². The van der Waals surface area contributed by atoms with Crippen LogP contribution in [0.3, 0.4) is 0 Å². The third-order valence-electron chi connectivity index (χ3n) is 4.46. The molecular formula is C20H21N5O3S. The van der Waals surface area contributed by atoms with E-state index in [0.717, 1.165) is 24.2 Å². The van der Waals surface area contributed by atoms with E-state index in [0.29, 0.717) is 23.4 Å². The van der Waals surface area contributed by atoms with Gasteiger partial charge in [-0.15, -0.1) is 10.2 Å². The highest BCUT2D eigenvalue weighted by Crippen LogP contribution is 2.40. The molecule has 1 aromatic carbocycles. The number of imide groups is 1. The van der Waals surface area contributed by atoms with Gasteiger partial charge < -0.3 is 14.3 Å². The van der Waals surface area contributed by atoms with E-state index in [2.05, 4.69) is 37.5 Å². The first kappa shape index (κ1) is 19.3. The van der Waals surface area contributed by atoms with E-state index in [1.165, 1.54) is 18.0 Å². The van der Waals surface area contributed by atoms with Crippen molar-refractivity contribution in [2.45, 2.75) is 37.0 Å². The Morgan fingerprint density at radius 1 is 1.14 bits per heavy atom. The van der Waals surface area contributed by atoms with Gasteiger partial charge in [0.1, 0.15) is 11.6 Å². The monoisotopic (exact) mass is 411 g/mol. The zero-order chi connectivity index (χ0) is 20.1. The summed E-state index contributed by atoms with van der Waals surface area (Å²) < 4.78 is 7.20. The highest BCUT2D eigenvalue weighted by Gasteiger charge is 2.30. The van der Waals surface area contributed by atoms with Gasteiger partial charge in [0.2, 0.25) is 5.91 Å². The molecule has 8 nitrogen and oxygen atoms in total. The molecule has 1 saturated carbocycles. The Labute approximate surface area is 172 Å². The Balaban J connectivity index is 1.33. The molecule has 0 saturated heterocycles. The maximum absolute atomic E-state index is 12.1. The predicted molar refractivity (Wildman–Crippen MR) is 107 cm³/mol. The van der Waals surface area contributed by atoms with Crippen molar-refractivity contribution in [2.24, 2.45) is 0 Å². The Bertz CT molecular complexity index is 967. The largest absolute Gasteiger partial charge is 0.467 e. The standard InChI is InChI=1S/C20H21N5O3S/c26-17(22-19(27)21-11-16-7-4-10-28-16)13-29-20-24-23-18(15-8-9-15)25(20)12-14-5-2-1-3-6-14/h1-7,10,15H,8-9,11-13H2,(H2,21,22,26,27). The van der Waals surface area contributed by atoms with Gasteiger partial charge in [0.05, 0.1) is 25.1 Å². The van der Waals surface area contributed by atoms with Crippen LogP contribution in [0.25, 0.3) is 0 Å². The zero-order valence-corrected chi connectivity index (χ0v) is 16.5. The topological polar surface area (TPSA) is 102 Å². The fraction of sp³-hybridized carbons (Fsp3) is 0.300. The average Bonchev–Trinajstić information content (AvgIpc) is 3.28. The molecule has 0 spiro atoms. The van der Waals surface area contributed by atoms with Crippen LogP contribution in [0.15, 0.2) is 58.3 Å². The summed E-state index contributed by atoms with van der Waals surface area (Å²) in [6.07, 6.45) is 3.76. The number of hydrogen-bond acceptors (Lipinski definition) is 6. The van der Waals surface area contributed by atoms with Gasteiger partial charge in [0.25, 0.3) is 0 Å². The normalized spacial score (nSPS) is 13.2. The Kier molecular flexibility index (Phi) is 5.95. The number of rotatable bonds is 8. The molecule has 1 fully saturated rings. The quantitative estimate of drug-likeness (QED) is 0.553. The summed E-state index contributed by atoms with van der Waals surface area (Å²) in [6, 6.07) is 13.0. The smallest absolute Gasteiger partial charge is 0.321 e. The Morgan fingerprint density at radius 2 is 1.97 bits per heavy atom. The van der Waals surface area contributed by atoms with Gasteiger partial charge in [-0.3, -0.25) is 10.1 Å². The molecule has 3 amide bonds. The summed E-state index contributed by atoms with van der Waals surface area (Å²) in [4.78, 5) is 24.0. The molecule has 0 radical (unpaired) electrons. The van der Waals surface area contributed by atoms with E-state index in [1.807, 2.05) is 18.2 Å². The molecule has 0 bridgehead atoms. The van der Waals surface area contributed by atoms with Crippen molar-refractivity contribution in [1.29, 1.82) is 0 Å². The molecule has 2 N–H and O–H groups in total. The predicted octanol–water partition coefficient (Wildman–Crippen LogP) is 2.91. The van der Waals surface area contributed by atoms with Gasteiger partial charge in [-0.2, -0.15) is 0 Å². The van der Waals surface area contributed by atoms with Crippen molar-refractivity contribution in [3.63, 3.8) is 0 Å². The number of amides is 3. The second-order valence-corrected chi connectivity index (χ2v) is 7.73. The molecule has 29 heavy (non-hydrogen) atoms. The molecule has 0 unspecified atom stereocenters. The molecule has 2 aromatic heterocycles. The number of nitrogens with one attached hydrogen (secondary N) is 2. The van der Waals surface area contributed by atoms with Crippen LogP contribution >= 0.6 is 11.8 Å². The molecular weight excluding hydrogens is 390 g/mol. The lowest BCUT2D eigenvalue weighted by Crippen LogP contribution is -2.39. The van der Waals surface area contributed by atoms with Crippen LogP contribution in [-0.2, 0) is 17.9 Å². The number of carbonyl (C=O) groups is 2. The lowest BCUT2D eigenvalue weighted by molar-refractivity contribution is -0.117. The second kappa shape index (κ2) is 8.95. The summed E-state index contributed by atoms with van der Waals surface area (Å²) in [5.41, 5.74) is 1.15. The number of furan rings is 1. The number of thioether (sulfide) groups is 1. The van der Waals surface area contributed by atoms with Crippen molar-refractivity contribution in [2.75, 3.05) is 5.75 Å². The van der Waals surface area contributed by atoms with Crippen LogP contribution in [0, 0.1) is 0 Å². The number of hydrogen-bond donors (Lipinski definition) is 2. The minimum Gasteiger partial charge on any atom is -0.467 e. The van der Waals surface area contributed by atoms with Gasteiger partial charge in [-0.25, -0.2) is 4.79 Å². The van der Waals surface area contributed by atoms with Crippen LogP contribution in [-0.4, -0.2) is 32.5 Å². The van der Waals surface area contributed by atoms with E-state index >= 15 is 0 Å². The third-order valence-corrected chi connectivity index (χ3v) is 5.43. The molecule has 1 aliphatic carbocycles. The number of nitrogens with zero attached hydrogens (tertiary/aromatic N) is 3. The lowest BCUT2D eigenvalue weighted by atomic mass is 10.2. The number of aromatic nitrogens is 3. The first-order valence-corrected chi connectivity index (χ1v) is 10.4. The van der Waals surface area contributed by atoms with Crippen LogP contribution in [0.2, 0.25) is 0 Å². The summed E-state index contributed by atoms with van der Waals surface area (Å²) in [6.45, 7) is 0.878. The Hall–Kier alpha value is -3.07. The summed E-state index contributed by atoms with van der Waals surface area (Å²) in [7, 11) is 0. The first-order chi connectivity index (χ1) is 14.2. The lowest BCUT2D eigenvalue weighted by Gasteiger charge is -2.10. The molecule has 9 heteroatoms. The number of carbonyl (C=O) groups excluding carboxylic acids is 2. The van der Waals surface area contributed by atoms with Crippen molar-refractivity contribution < 1.29 is 14.0 Å². The molecule has 0 aliphatic heterocycles. The highest BCUT2D eigenvalue weighted by molar-refractivity contribution is 7.99. The highest BCUT2D eigenvalue weighted by atomic mass is 32.2. The minimum atomic E-state index is -0.559. The molecule has 4 rings (SSSR count). The molecule has 150 valence electrons. The maximum atomic E-state index is 12.1. The van der Waals surface area contributed by atoms with Gasteiger partial charge in [-0.1, -0.05) is 42.1 Å². The van der Waals surface area contributed by atoms with E-state index < -0.39 is 11.9 Å². The fourth-order valence-corrected chi connectivity index (χ4v) is 3.63. The average molecular weight is 411 g/mol. The summed E-state index contributed by atoms with van der Waals surface area (Å²) in [5.74, 6) is 1.71.